The number of aliphatic hydroxyl groups excluding tert-OH is 1. The number of fused-ring (bicyclic) bond motifs is 9. The summed E-state index contributed by atoms with van der Waals surface area (Å²) in [5.74, 6) is 8.61. The lowest BCUT2D eigenvalue weighted by atomic mass is 9.43. The Morgan fingerprint density at radius 2 is 1.68 bits per heavy atom. The van der Waals surface area contributed by atoms with Gasteiger partial charge in [0.25, 0.3) is 0 Å². The summed E-state index contributed by atoms with van der Waals surface area (Å²) in [5, 5.41) is 21.9. The van der Waals surface area contributed by atoms with Crippen molar-refractivity contribution in [3.05, 3.63) is 77.9 Å². The minimum absolute atomic E-state index is 0.0114. The average Bonchev–Trinajstić information content (AvgIpc) is 3.91. The molecule has 2 N–H and O–H groups in total. The lowest BCUT2D eigenvalue weighted by molar-refractivity contribution is -0.228. The number of hydrogen-bond acceptors (Lipinski definition) is 11. The van der Waals surface area contributed by atoms with Crippen LogP contribution in [0.15, 0.2) is 72.4 Å². The Morgan fingerprint density at radius 1 is 0.933 bits per heavy atom. The number of likely N-dealkylation sites (N-methyl/N-ethyl adjacent to an activating group) is 1. The van der Waals surface area contributed by atoms with E-state index < -0.39 is 30.9 Å². The van der Waals surface area contributed by atoms with E-state index in [4.69, 9.17) is 27.8 Å². The molecule has 0 bridgehead atoms. The number of ketones is 1. The van der Waals surface area contributed by atoms with Gasteiger partial charge >= 0.3 is 13.8 Å². The van der Waals surface area contributed by atoms with Gasteiger partial charge in [0.2, 0.25) is 0 Å². The highest BCUT2D eigenvalue weighted by Crippen LogP contribution is 2.70. The van der Waals surface area contributed by atoms with Gasteiger partial charge in [0, 0.05) is 50.6 Å². The van der Waals surface area contributed by atoms with Crippen LogP contribution in [0.4, 0.5) is 5.69 Å². The molecule has 0 heterocycles. The van der Waals surface area contributed by atoms with E-state index >= 15 is 0 Å². The second-order valence-electron chi connectivity index (χ2n) is 24.7. The predicted molar refractivity (Wildman–Crippen MR) is 292 cm³/mol. The van der Waals surface area contributed by atoms with E-state index in [0.29, 0.717) is 37.7 Å². The van der Waals surface area contributed by atoms with Gasteiger partial charge in [-0.05, 0) is 190 Å². The van der Waals surface area contributed by atoms with Gasteiger partial charge in [-0.15, -0.1) is 19.1 Å². The molecule has 1 aromatic carbocycles. The van der Waals surface area contributed by atoms with Crippen LogP contribution in [0.3, 0.4) is 0 Å². The summed E-state index contributed by atoms with van der Waals surface area (Å²) in [5.41, 5.74) is 5.77. The molecule has 0 aromatic heterocycles. The molecule has 13 heteroatoms. The molecule has 6 fully saturated rings. The van der Waals surface area contributed by atoms with Crippen molar-refractivity contribution in [2.24, 2.45) is 63.6 Å². The first kappa shape index (κ1) is 56.4. The van der Waals surface area contributed by atoms with Crippen LogP contribution in [0.25, 0.3) is 0 Å². The number of benzene rings is 1. The molecule has 0 aliphatic heterocycles. The molecule has 8 aliphatic carbocycles. The SMILES string of the molecule is C=CCOP(=O)(OCC=C)OCO[C@@H]1C[C@@H]2C[C@@H](OCCN(C)c3ccc([C@H]4C[C@@]5(C)C(CC[C@]5(C#CC)OC)C5CCC6=CC(=O)CCC6=C54)cc3)CC[C@]2(C)[C@H]2C[C@H](O)[C@]3(C)[C@@H]([C@H](C)CCC(=O)O)CC[C@H]3[C@H]12. The summed E-state index contributed by atoms with van der Waals surface area (Å²) in [7, 11) is 0.0289. The van der Waals surface area contributed by atoms with Crippen molar-refractivity contribution in [2.75, 3.05) is 52.2 Å². The highest BCUT2D eigenvalue weighted by molar-refractivity contribution is 7.48. The molecule has 0 amide bonds. The molecule has 16 atom stereocenters. The number of aliphatic hydroxyl groups is 1. The van der Waals surface area contributed by atoms with Crippen LogP contribution in [0.1, 0.15) is 149 Å². The molecule has 75 heavy (non-hydrogen) atoms. The number of ether oxygens (including phenoxy) is 3. The topological polar surface area (TPSA) is 150 Å². The van der Waals surface area contributed by atoms with Crippen molar-refractivity contribution in [1.82, 2.24) is 0 Å². The molecule has 412 valence electrons. The maximum atomic E-state index is 13.6. The van der Waals surface area contributed by atoms with Gasteiger partial charge in [0.1, 0.15) is 5.60 Å². The fraction of sp³-hybridized carbons (Fsp3) is 0.710. The van der Waals surface area contributed by atoms with Gasteiger partial charge < -0.3 is 29.3 Å². The number of nitrogens with zero attached hydrogens (tertiary/aromatic N) is 1. The monoisotopic (exact) mass is 1050 g/mol. The van der Waals surface area contributed by atoms with E-state index in [1.54, 1.807) is 5.57 Å². The van der Waals surface area contributed by atoms with Crippen LogP contribution in [-0.2, 0) is 41.9 Å². The molecule has 0 saturated heterocycles. The molecule has 2 unspecified atom stereocenters. The Hall–Kier alpha value is -3.37. The number of carbonyl (C=O) groups excluding carboxylic acids is 1. The smallest absolute Gasteiger partial charge is 0.477 e. The number of rotatable bonds is 21. The predicted octanol–water partition coefficient (Wildman–Crippen LogP) is 12.4. The Bertz CT molecular complexity index is 2440. The minimum atomic E-state index is -3.97. The number of carboxylic acids is 1. The van der Waals surface area contributed by atoms with Gasteiger partial charge in [-0.3, -0.25) is 23.2 Å². The quantitative estimate of drug-likeness (QED) is 0.0522. The van der Waals surface area contributed by atoms with Crippen molar-refractivity contribution < 1.29 is 52.1 Å². The molecule has 0 spiro atoms. The maximum absolute atomic E-state index is 13.6. The van der Waals surface area contributed by atoms with Crippen LogP contribution >= 0.6 is 7.82 Å². The van der Waals surface area contributed by atoms with E-state index in [1.807, 2.05) is 20.1 Å². The zero-order valence-electron chi connectivity index (χ0n) is 46.2. The van der Waals surface area contributed by atoms with Crippen molar-refractivity contribution in [2.45, 2.75) is 167 Å². The van der Waals surface area contributed by atoms with E-state index in [2.05, 4.69) is 88.9 Å². The van der Waals surface area contributed by atoms with Gasteiger partial charge in [-0.2, -0.15) is 0 Å². The van der Waals surface area contributed by atoms with E-state index in [1.165, 1.54) is 28.9 Å². The molecular formula is C62H88NO11P. The summed E-state index contributed by atoms with van der Waals surface area (Å²) >= 11 is 0. The van der Waals surface area contributed by atoms with Crippen LogP contribution < -0.4 is 4.90 Å². The van der Waals surface area contributed by atoms with Crippen LogP contribution in [0, 0.1) is 75.4 Å². The molecule has 0 radical (unpaired) electrons. The molecular weight excluding hydrogens is 966 g/mol. The highest BCUT2D eigenvalue weighted by Gasteiger charge is 2.67. The second-order valence-corrected chi connectivity index (χ2v) is 26.4. The number of methoxy groups -OCH3 is 1. The van der Waals surface area contributed by atoms with Crippen LogP contribution in [0.5, 0.6) is 0 Å². The summed E-state index contributed by atoms with van der Waals surface area (Å²) < 4.78 is 50.5. The van der Waals surface area contributed by atoms with Crippen LogP contribution in [0.2, 0.25) is 0 Å². The lowest BCUT2D eigenvalue weighted by Gasteiger charge is -2.64. The normalized spacial score (nSPS) is 38.3. The number of phosphoric ester groups is 1. The summed E-state index contributed by atoms with van der Waals surface area (Å²) in [4.78, 5) is 26.6. The fourth-order valence-corrected chi connectivity index (χ4v) is 18.7. The Labute approximate surface area is 448 Å². The third-order valence-electron chi connectivity index (χ3n) is 21.5. The number of carbonyl (C=O) groups is 2. The van der Waals surface area contributed by atoms with E-state index in [-0.39, 0.29) is 96.7 Å². The number of allylic oxidation sites excluding steroid dienone is 4. The fourth-order valence-electron chi connectivity index (χ4n) is 17.7. The zero-order valence-corrected chi connectivity index (χ0v) is 47.1. The number of phosphoric acid groups is 1. The first-order valence-electron chi connectivity index (χ1n) is 28.5. The van der Waals surface area contributed by atoms with Crippen molar-refractivity contribution in [3.8, 4) is 11.8 Å². The molecule has 12 nitrogen and oxygen atoms in total. The van der Waals surface area contributed by atoms with Crippen molar-refractivity contribution in [3.63, 3.8) is 0 Å². The first-order valence-corrected chi connectivity index (χ1v) is 30.0. The van der Waals surface area contributed by atoms with Crippen LogP contribution in [-0.4, -0.2) is 93.2 Å². The molecule has 9 rings (SSSR count). The van der Waals surface area contributed by atoms with Gasteiger partial charge in [-0.25, -0.2) is 4.57 Å². The standard InChI is InChI=1S/C62H88NO11P/c1-10-27-62(69-9)29-26-51-48-20-16-42-34-45(64)19-21-47(42)57(48)49(38-60(51,62)6)41-14-17-44(18-15-41)63(8)30-33-70-46-25-28-59(5)43(35-46)36-54(71-39-74-75(68,72-31-11-2)73-32-12-3)58-52-23-22-50(40(4)13-24-56(66)67)61(52,7)55(65)37-53(58)59/h11-12,14-15,17-18,34,40,43,46,48-55,58,65H,2-3,13,16,19-26,28-33,35-39H2,1,4-9H3,(H,66,67)/t40-,43+,46+,48?,49-,50-,51?,52+,53+,54-,55+,58+,59+,60+,61-,62+/m1/s1. The summed E-state index contributed by atoms with van der Waals surface area (Å²) in [6.07, 6.45) is 17.6. The van der Waals surface area contributed by atoms with Crippen molar-refractivity contribution >= 4 is 25.3 Å². The average molecular weight is 1050 g/mol. The molecule has 6 saturated carbocycles. The minimum Gasteiger partial charge on any atom is -0.481 e. The zero-order chi connectivity index (χ0) is 53.5. The Balaban J connectivity index is 0.886. The van der Waals surface area contributed by atoms with E-state index in [9.17, 15) is 24.4 Å². The van der Waals surface area contributed by atoms with E-state index in [0.717, 1.165) is 89.3 Å². The molecule has 1 aromatic rings. The number of carboxylic acid groups (broad SMARTS) is 1. The molecule has 8 aliphatic rings. The van der Waals surface area contributed by atoms with Gasteiger partial charge in [0.05, 0.1) is 38.1 Å². The van der Waals surface area contributed by atoms with Crippen molar-refractivity contribution in [1.29, 1.82) is 0 Å². The highest BCUT2D eigenvalue weighted by atomic mass is 31.2. The first-order chi connectivity index (χ1) is 35.9. The Morgan fingerprint density at radius 3 is 2.37 bits per heavy atom. The third-order valence-corrected chi connectivity index (χ3v) is 22.9. The summed E-state index contributed by atoms with van der Waals surface area (Å²) in [6, 6.07) is 9.23. The second kappa shape index (κ2) is 22.8. The lowest BCUT2D eigenvalue weighted by Crippen LogP contribution is -2.63. The number of anilines is 1. The van der Waals surface area contributed by atoms with Gasteiger partial charge in [0.15, 0.2) is 12.6 Å². The number of hydrogen-bond donors (Lipinski definition) is 2. The third kappa shape index (κ3) is 10.4. The number of aliphatic carboxylic acids is 1. The Kier molecular flexibility index (Phi) is 17.1. The summed E-state index contributed by atoms with van der Waals surface area (Å²) in [6.45, 7) is 19.6. The van der Waals surface area contributed by atoms with Gasteiger partial charge in [-0.1, -0.05) is 63.5 Å². The largest absolute Gasteiger partial charge is 0.481 e. The maximum Gasteiger partial charge on any atom is 0.477 e.